The molecule has 35 heavy (non-hydrogen) atoms. The van der Waals surface area contributed by atoms with Gasteiger partial charge in [0.2, 0.25) is 0 Å². The first-order valence-corrected chi connectivity index (χ1v) is 12.0. The second kappa shape index (κ2) is 12.8. The Morgan fingerprint density at radius 3 is 2.60 bits per heavy atom. The van der Waals surface area contributed by atoms with Crippen LogP contribution in [0.3, 0.4) is 0 Å². The smallest absolute Gasteiger partial charge is 0.410 e. The quantitative estimate of drug-likeness (QED) is 0.336. The number of nitrogens with zero attached hydrogens (tertiary/aromatic N) is 2. The van der Waals surface area contributed by atoms with Gasteiger partial charge in [-0.3, -0.25) is 4.79 Å². The van der Waals surface area contributed by atoms with Gasteiger partial charge in [0, 0.05) is 24.4 Å². The van der Waals surface area contributed by atoms with Gasteiger partial charge in [0.05, 0.1) is 37.9 Å². The number of hydrogen-bond acceptors (Lipinski definition) is 8. The van der Waals surface area contributed by atoms with Crippen molar-refractivity contribution in [3.8, 4) is 11.5 Å². The lowest BCUT2D eigenvalue weighted by atomic mass is 9.97. The van der Waals surface area contributed by atoms with Crippen LogP contribution < -0.4 is 9.47 Å². The molecule has 2 atom stereocenters. The fraction of sp³-hybridized carbons (Fsp3) is 0.346. The lowest BCUT2D eigenvalue weighted by Crippen LogP contribution is -2.31. The molecule has 186 valence electrons. The fourth-order valence-corrected chi connectivity index (χ4v) is 4.66. The molecule has 2 aromatic carbocycles. The molecule has 1 heterocycles. The van der Waals surface area contributed by atoms with Crippen molar-refractivity contribution >= 4 is 23.9 Å². The van der Waals surface area contributed by atoms with E-state index in [1.807, 2.05) is 49.4 Å². The second-order valence-electron chi connectivity index (χ2n) is 7.99. The predicted octanol–water partition coefficient (Wildman–Crippen LogP) is 4.66. The Kier molecular flexibility index (Phi) is 9.48. The molecule has 0 aliphatic rings. The Balaban J connectivity index is 1.66. The van der Waals surface area contributed by atoms with Crippen LogP contribution in [0.2, 0.25) is 0 Å². The summed E-state index contributed by atoms with van der Waals surface area (Å²) in [4.78, 5) is 30.6. The van der Waals surface area contributed by atoms with E-state index in [0.29, 0.717) is 24.4 Å². The molecule has 9 heteroatoms. The van der Waals surface area contributed by atoms with Crippen molar-refractivity contribution < 1.29 is 28.5 Å². The van der Waals surface area contributed by atoms with Gasteiger partial charge in [0.25, 0.3) is 6.47 Å². The average Bonchev–Trinajstić information content (AvgIpc) is 3.32. The van der Waals surface area contributed by atoms with Crippen molar-refractivity contribution in [2.45, 2.75) is 31.9 Å². The number of aromatic nitrogens is 1. The van der Waals surface area contributed by atoms with Crippen molar-refractivity contribution in [1.82, 2.24) is 9.88 Å². The third kappa shape index (κ3) is 6.95. The molecule has 8 nitrogen and oxygen atoms in total. The normalized spacial score (nSPS) is 12.3. The first kappa shape index (κ1) is 26.0. The monoisotopic (exact) mass is 498 g/mol. The molecule has 0 fully saturated rings. The number of carbonyl (C=O) groups excluding carboxylic acids is 2. The maximum Gasteiger partial charge on any atom is 0.410 e. The van der Waals surface area contributed by atoms with Gasteiger partial charge in [-0.25, -0.2) is 9.78 Å². The molecule has 0 aliphatic heterocycles. The minimum atomic E-state index is -0.454. The number of methoxy groups -OCH3 is 2. The number of benzene rings is 2. The highest BCUT2D eigenvalue weighted by molar-refractivity contribution is 7.09. The van der Waals surface area contributed by atoms with Gasteiger partial charge in [-0.2, -0.15) is 0 Å². The molecular weight excluding hydrogens is 468 g/mol. The first-order valence-electron chi connectivity index (χ1n) is 11.1. The summed E-state index contributed by atoms with van der Waals surface area (Å²) in [6.45, 7) is 2.74. The van der Waals surface area contributed by atoms with Crippen molar-refractivity contribution in [2.75, 3.05) is 27.9 Å². The lowest BCUT2D eigenvalue weighted by molar-refractivity contribution is -0.128. The average molecular weight is 499 g/mol. The summed E-state index contributed by atoms with van der Waals surface area (Å²) in [5.41, 5.74) is 4.40. The summed E-state index contributed by atoms with van der Waals surface area (Å²) in [6, 6.07) is 15.3. The van der Waals surface area contributed by atoms with Gasteiger partial charge >= 0.3 is 6.09 Å². The molecule has 0 radical (unpaired) electrons. The van der Waals surface area contributed by atoms with Crippen LogP contribution in [0.1, 0.15) is 34.5 Å². The zero-order chi connectivity index (χ0) is 25.2. The molecule has 1 aromatic heterocycles. The molecule has 0 N–H and O–H groups in total. The van der Waals surface area contributed by atoms with Crippen LogP contribution in [0.4, 0.5) is 4.79 Å². The Morgan fingerprint density at radius 2 is 1.91 bits per heavy atom. The third-order valence-electron chi connectivity index (χ3n) is 5.52. The van der Waals surface area contributed by atoms with E-state index in [1.54, 1.807) is 32.8 Å². The number of hydrogen-bond donors (Lipinski definition) is 0. The summed E-state index contributed by atoms with van der Waals surface area (Å²) in [7, 11) is 4.86. The minimum absolute atomic E-state index is 0.171. The summed E-state index contributed by atoms with van der Waals surface area (Å²) in [5, 5.41) is 0. The van der Waals surface area contributed by atoms with E-state index < -0.39 is 6.09 Å². The Bertz CT molecular complexity index is 1100. The standard InChI is InChI=1S/C26H30N2O6S/c1-18(12-20-10-11-21(31-3)13-24(20)32-4)34-26(30)28(2)14-23-25(35-16-27-23)22(15-33-17-29)19-8-6-5-7-9-19/h5-11,13,16-18,22H,12,14-15H2,1-4H3. The maximum atomic E-state index is 12.8. The van der Waals surface area contributed by atoms with Crippen molar-refractivity contribution in [2.24, 2.45) is 0 Å². The molecule has 0 bridgehead atoms. The van der Waals surface area contributed by atoms with Crippen LogP contribution >= 0.6 is 11.3 Å². The first-order chi connectivity index (χ1) is 17.0. The second-order valence-corrected chi connectivity index (χ2v) is 8.87. The van der Waals surface area contributed by atoms with Gasteiger partial charge in [-0.05, 0) is 24.1 Å². The van der Waals surface area contributed by atoms with Crippen LogP contribution in [0.15, 0.2) is 54.0 Å². The van der Waals surface area contributed by atoms with Crippen LogP contribution in [0, 0.1) is 0 Å². The number of thiazole rings is 1. The number of carbonyl (C=O) groups is 2. The maximum absolute atomic E-state index is 12.8. The number of rotatable bonds is 12. The van der Waals surface area contributed by atoms with E-state index in [9.17, 15) is 9.59 Å². The van der Waals surface area contributed by atoms with Crippen molar-refractivity contribution in [3.05, 3.63) is 75.7 Å². The van der Waals surface area contributed by atoms with Crippen molar-refractivity contribution in [3.63, 3.8) is 0 Å². The van der Waals surface area contributed by atoms with E-state index in [2.05, 4.69) is 4.98 Å². The number of amides is 1. The van der Waals surface area contributed by atoms with Gasteiger partial charge in [0.1, 0.15) is 24.2 Å². The molecule has 2 unspecified atom stereocenters. The van der Waals surface area contributed by atoms with Gasteiger partial charge in [-0.1, -0.05) is 36.4 Å². The topological polar surface area (TPSA) is 87.2 Å². The highest BCUT2D eigenvalue weighted by Crippen LogP contribution is 2.31. The molecule has 0 spiro atoms. The van der Waals surface area contributed by atoms with E-state index >= 15 is 0 Å². The van der Waals surface area contributed by atoms with Crippen LogP contribution in [-0.2, 0) is 27.2 Å². The molecule has 0 saturated heterocycles. The van der Waals surface area contributed by atoms with Gasteiger partial charge < -0.3 is 23.8 Å². The molecule has 3 aromatic rings. The molecule has 3 rings (SSSR count). The number of ether oxygens (including phenoxy) is 4. The lowest BCUT2D eigenvalue weighted by Gasteiger charge is -2.22. The summed E-state index contributed by atoms with van der Waals surface area (Å²) >= 11 is 1.47. The minimum Gasteiger partial charge on any atom is -0.497 e. The summed E-state index contributed by atoms with van der Waals surface area (Å²) in [5.74, 6) is 1.20. The largest absolute Gasteiger partial charge is 0.497 e. The van der Waals surface area contributed by atoms with Gasteiger partial charge in [0.15, 0.2) is 0 Å². The summed E-state index contributed by atoms with van der Waals surface area (Å²) in [6.07, 6.45) is -0.335. The van der Waals surface area contributed by atoms with Crippen molar-refractivity contribution in [1.29, 1.82) is 0 Å². The van der Waals surface area contributed by atoms with E-state index in [4.69, 9.17) is 18.9 Å². The Labute approximate surface area is 209 Å². The molecule has 1 amide bonds. The molecular formula is C26H30N2O6S. The Hall–Kier alpha value is -3.59. The fourth-order valence-electron chi connectivity index (χ4n) is 3.75. The predicted molar refractivity (Wildman–Crippen MR) is 133 cm³/mol. The van der Waals surface area contributed by atoms with Crippen LogP contribution in [0.5, 0.6) is 11.5 Å². The Morgan fingerprint density at radius 1 is 1.14 bits per heavy atom. The SMILES string of the molecule is COc1ccc(CC(C)OC(=O)N(C)Cc2ncsc2C(COC=O)c2ccccc2)c(OC)c1. The van der Waals surface area contributed by atoms with Crippen LogP contribution in [-0.4, -0.2) is 56.4 Å². The zero-order valence-corrected chi connectivity index (χ0v) is 21.1. The molecule has 0 saturated carbocycles. The highest BCUT2D eigenvalue weighted by Gasteiger charge is 2.24. The van der Waals surface area contributed by atoms with Crippen LogP contribution in [0.25, 0.3) is 0 Å². The van der Waals surface area contributed by atoms with E-state index in [-0.39, 0.29) is 25.2 Å². The third-order valence-corrected chi connectivity index (χ3v) is 6.51. The van der Waals surface area contributed by atoms with E-state index in [0.717, 1.165) is 21.7 Å². The highest BCUT2D eigenvalue weighted by atomic mass is 32.1. The van der Waals surface area contributed by atoms with Gasteiger partial charge in [-0.15, -0.1) is 11.3 Å². The van der Waals surface area contributed by atoms with E-state index in [1.165, 1.54) is 16.2 Å². The zero-order valence-electron chi connectivity index (χ0n) is 20.3. The summed E-state index contributed by atoms with van der Waals surface area (Å²) < 4.78 is 21.5. The molecule has 0 aliphatic carbocycles.